The van der Waals surface area contributed by atoms with Gasteiger partial charge in [0.25, 0.3) is 0 Å². The summed E-state index contributed by atoms with van der Waals surface area (Å²) in [7, 11) is 0. The van der Waals surface area contributed by atoms with Crippen LogP contribution in [0.25, 0.3) is 0 Å². The Morgan fingerprint density at radius 1 is 1.08 bits per heavy atom. The first-order valence-corrected chi connectivity index (χ1v) is 9.64. The Bertz CT molecular complexity index is 816. The lowest BCUT2D eigenvalue weighted by Gasteiger charge is -2.37. The highest BCUT2D eigenvalue weighted by Crippen LogP contribution is 2.41. The van der Waals surface area contributed by atoms with Crippen molar-refractivity contribution in [1.29, 1.82) is 0 Å². The van der Waals surface area contributed by atoms with E-state index in [2.05, 4.69) is 34.1 Å². The zero-order valence-electron chi connectivity index (χ0n) is 14.0. The third kappa shape index (κ3) is 3.42. The van der Waals surface area contributed by atoms with E-state index in [1.807, 2.05) is 25.1 Å². The van der Waals surface area contributed by atoms with Crippen molar-refractivity contribution in [1.82, 2.24) is 9.80 Å². The number of hydrogen-bond donors (Lipinski definition) is 1. The van der Waals surface area contributed by atoms with Crippen molar-refractivity contribution in [2.24, 2.45) is 4.99 Å². The first-order valence-electron chi connectivity index (χ1n) is 8.44. The number of halogens is 1. The van der Waals surface area contributed by atoms with Crippen molar-refractivity contribution in [2.45, 2.75) is 22.9 Å². The van der Waals surface area contributed by atoms with Crippen molar-refractivity contribution in [3.05, 3.63) is 53.1 Å². The Kier molecular flexibility index (Phi) is 4.73. The third-order valence-corrected chi connectivity index (χ3v) is 6.01. The molecule has 0 aliphatic carbocycles. The summed E-state index contributed by atoms with van der Waals surface area (Å²) in [5.74, 6) is 0.995. The highest BCUT2D eigenvalue weighted by Gasteiger charge is 2.26. The summed E-state index contributed by atoms with van der Waals surface area (Å²) in [5, 5.41) is 10.5. The molecular formula is C19H20ClN3OS. The number of benzene rings is 2. The van der Waals surface area contributed by atoms with Crippen molar-refractivity contribution in [3.8, 4) is 0 Å². The molecule has 0 saturated carbocycles. The summed E-state index contributed by atoms with van der Waals surface area (Å²) in [5.41, 5.74) is 2.08. The van der Waals surface area contributed by atoms with Crippen LogP contribution in [0.5, 0.6) is 0 Å². The highest BCUT2D eigenvalue weighted by atomic mass is 35.5. The van der Waals surface area contributed by atoms with Gasteiger partial charge in [-0.15, -0.1) is 0 Å². The van der Waals surface area contributed by atoms with Gasteiger partial charge in [0.15, 0.2) is 0 Å². The van der Waals surface area contributed by atoms with Crippen molar-refractivity contribution in [2.75, 3.05) is 26.2 Å². The second kappa shape index (κ2) is 7.00. The van der Waals surface area contributed by atoms with Crippen LogP contribution in [0.3, 0.4) is 0 Å². The molecule has 1 N–H and O–H groups in total. The molecule has 2 heterocycles. The van der Waals surface area contributed by atoms with Crippen LogP contribution < -0.4 is 0 Å². The maximum Gasteiger partial charge on any atom is 0.137 e. The Morgan fingerprint density at radius 2 is 1.84 bits per heavy atom. The fourth-order valence-electron chi connectivity index (χ4n) is 3.25. The predicted octanol–water partition coefficient (Wildman–Crippen LogP) is 3.84. The molecule has 2 aliphatic heterocycles. The predicted molar refractivity (Wildman–Crippen MR) is 103 cm³/mol. The molecule has 2 aromatic carbocycles. The summed E-state index contributed by atoms with van der Waals surface area (Å²) in [4.78, 5) is 11.7. The van der Waals surface area contributed by atoms with Crippen molar-refractivity contribution in [3.63, 3.8) is 0 Å². The largest absolute Gasteiger partial charge is 0.379 e. The highest BCUT2D eigenvalue weighted by molar-refractivity contribution is 7.99. The molecule has 0 amide bonds. The van der Waals surface area contributed by atoms with E-state index in [9.17, 15) is 5.11 Å². The zero-order valence-corrected chi connectivity index (χ0v) is 15.6. The molecule has 25 heavy (non-hydrogen) atoms. The number of amidine groups is 1. The Balaban J connectivity index is 1.74. The van der Waals surface area contributed by atoms with Gasteiger partial charge in [0.2, 0.25) is 0 Å². The van der Waals surface area contributed by atoms with Crippen molar-refractivity contribution < 1.29 is 5.11 Å². The zero-order chi connectivity index (χ0) is 17.4. The Hall–Kier alpha value is -1.53. The normalized spacial score (nSPS) is 18.8. The lowest BCUT2D eigenvalue weighted by atomic mass is 10.1. The SMILES string of the molecule is CC(O)N1CCN(C2=Nc3cc(Cl)ccc3Sc3ccccc32)CC1. The molecule has 0 aromatic heterocycles. The Morgan fingerprint density at radius 3 is 2.60 bits per heavy atom. The van der Waals surface area contributed by atoms with Crippen LogP contribution in [0.1, 0.15) is 12.5 Å². The van der Waals surface area contributed by atoms with E-state index in [0.717, 1.165) is 48.2 Å². The minimum absolute atomic E-state index is 0.402. The van der Waals surface area contributed by atoms with Gasteiger partial charge >= 0.3 is 0 Å². The van der Waals surface area contributed by atoms with Crippen LogP contribution >= 0.6 is 23.4 Å². The average Bonchev–Trinajstić information content (AvgIpc) is 2.78. The van der Waals surface area contributed by atoms with E-state index in [0.29, 0.717) is 5.02 Å². The molecule has 1 unspecified atom stereocenters. The van der Waals surface area contributed by atoms with Gasteiger partial charge in [-0.2, -0.15) is 0 Å². The quantitative estimate of drug-likeness (QED) is 0.824. The first-order chi connectivity index (χ1) is 12.1. The second-order valence-corrected chi connectivity index (χ2v) is 7.82. The van der Waals surface area contributed by atoms with Gasteiger partial charge in [-0.1, -0.05) is 41.6 Å². The van der Waals surface area contributed by atoms with Gasteiger partial charge in [0, 0.05) is 46.6 Å². The maximum atomic E-state index is 9.80. The molecule has 4 nitrogen and oxygen atoms in total. The summed E-state index contributed by atoms with van der Waals surface area (Å²) in [6, 6.07) is 14.3. The van der Waals surface area contributed by atoms with Crippen LogP contribution in [0.2, 0.25) is 5.02 Å². The number of aliphatic imine (C=N–C) groups is 1. The second-order valence-electron chi connectivity index (χ2n) is 6.30. The topological polar surface area (TPSA) is 39.1 Å². The van der Waals surface area contributed by atoms with E-state index in [1.54, 1.807) is 11.8 Å². The number of aliphatic hydroxyl groups is 1. The van der Waals surface area contributed by atoms with Gasteiger partial charge < -0.3 is 10.0 Å². The summed E-state index contributed by atoms with van der Waals surface area (Å²) >= 11 is 7.94. The van der Waals surface area contributed by atoms with Crippen LogP contribution in [0, 0.1) is 0 Å². The van der Waals surface area contributed by atoms with Crippen LogP contribution in [-0.2, 0) is 0 Å². The number of aliphatic hydroxyl groups excluding tert-OH is 1. The molecule has 4 rings (SSSR count). The fourth-order valence-corrected chi connectivity index (χ4v) is 4.41. The molecular weight excluding hydrogens is 354 g/mol. The van der Waals surface area contributed by atoms with Gasteiger partial charge in [-0.25, -0.2) is 4.99 Å². The molecule has 0 radical (unpaired) electrons. The van der Waals surface area contributed by atoms with Crippen LogP contribution in [0.15, 0.2) is 57.2 Å². The van der Waals surface area contributed by atoms with E-state index in [4.69, 9.17) is 16.6 Å². The summed E-state index contributed by atoms with van der Waals surface area (Å²) < 4.78 is 0. The molecule has 1 fully saturated rings. The van der Waals surface area contributed by atoms with Gasteiger partial charge in [0.05, 0.1) is 5.69 Å². The number of piperazine rings is 1. The van der Waals surface area contributed by atoms with Crippen LogP contribution in [-0.4, -0.2) is 53.1 Å². The molecule has 0 spiro atoms. The Labute approximate surface area is 157 Å². The lowest BCUT2D eigenvalue weighted by molar-refractivity contribution is -0.00188. The van der Waals surface area contributed by atoms with Gasteiger partial charge in [-0.05, 0) is 31.2 Å². The molecule has 1 saturated heterocycles. The molecule has 2 aromatic rings. The van der Waals surface area contributed by atoms with E-state index in [-0.39, 0.29) is 0 Å². The minimum atomic E-state index is -0.402. The molecule has 130 valence electrons. The van der Waals surface area contributed by atoms with E-state index < -0.39 is 6.23 Å². The molecule has 1 atom stereocenters. The van der Waals surface area contributed by atoms with Crippen LogP contribution in [0.4, 0.5) is 5.69 Å². The summed E-state index contributed by atoms with van der Waals surface area (Å²) in [6.45, 7) is 5.17. The van der Waals surface area contributed by atoms with Gasteiger partial charge in [0.1, 0.15) is 12.1 Å². The number of rotatable bonds is 1. The molecule has 0 bridgehead atoms. The van der Waals surface area contributed by atoms with Gasteiger partial charge in [-0.3, -0.25) is 4.90 Å². The first kappa shape index (κ1) is 16.9. The van der Waals surface area contributed by atoms with Crippen molar-refractivity contribution >= 4 is 34.9 Å². The molecule has 2 aliphatic rings. The summed E-state index contributed by atoms with van der Waals surface area (Å²) in [6.07, 6.45) is -0.402. The number of hydrogen-bond acceptors (Lipinski definition) is 5. The third-order valence-electron chi connectivity index (χ3n) is 4.64. The monoisotopic (exact) mass is 373 g/mol. The van der Waals surface area contributed by atoms with E-state index >= 15 is 0 Å². The molecule has 6 heteroatoms. The van der Waals surface area contributed by atoms with E-state index in [1.165, 1.54) is 4.90 Å². The fraction of sp³-hybridized carbons (Fsp3) is 0.316. The smallest absolute Gasteiger partial charge is 0.137 e. The average molecular weight is 374 g/mol. The number of nitrogens with zero attached hydrogens (tertiary/aromatic N) is 3. The number of fused-ring (bicyclic) bond motifs is 2. The lowest BCUT2D eigenvalue weighted by Crippen LogP contribution is -2.51. The maximum absolute atomic E-state index is 9.80. The minimum Gasteiger partial charge on any atom is -0.379 e. The standard InChI is InChI=1S/C19H20ClN3OS/c1-13(24)22-8-10-23(11-9-22)19-15-4-2-3-5-17(15)25-18-7-6-14(20)12-16(18)21-19/h2-7,12-13,24H,8-11H2,1H3.